The van der Waals surface area contributed by atoms with E-state index in [-0.39, 0.29) is 11.9 Å². The second-order valence-corrected chi connectivity index (χ2v) is 5.14. The number of amides is 1. The summed E-state index contributed by atoms with van der Waals surface area (Å²) in [4.78, 5) is 19.5. The van der Waals surface area contributed by atoms with E-state index in [1.54, 1.807) is 6.92 Å². The maximum atomic E-state index is 12.3. The molecule has 1 unspecified atom stereocenters. The van der Waals surface area contributed by atoms with Crippen molar-refractivity contribution in [2.24, 2.45) is 0 Å². The Morgan fingerprint density at radius 2 is 2.14 bits per heavy atom. The molecule has 0 saturated carbocycles. The summed E-state index contributed by atoms with van der Waals surface area (Å²) >= 11 is 0. The number of nitrogens with zero attached hydrogens (tertiary/aromatic N) is 2. The molecule has 1 atom stereocenters. The Kier molecular flexibility index (Phi) is 3.21. The minimum Gasteiger partial charge on any atom is -0.351 e. The topological polar surface area (TPSA) is 83.8 Å². The zero-order valence-corrected chi connectivity index (χ0v) is 12.1. The Hall–Kier alpha value is -2.63. The van der Waals surface area contributed by atoms with Crippen LogP contribution in [0.1, 0.15) is 40.7 Å². The molecule has 2 aromatic heterocycles. The van der Waals surface area contributed by atoms with E-state index in [2.05, 4.69) is 20.4 Å². The smallest absolute Gasteiger partial charge is 0.268 e. The molecule has 3 rings (SSSR count). The number of benzene rings is 1. The minimum absolute atomic E-state index is 0.196. The summed E-state index contributed by atoms with van der Waals surface area (Å²) in [6.45, 7) is 5.55. The zero-order valence-electron chi connectivity index (χ0n) is 12.1. The third-order valence-corrected chi connectivity index (χ3v) is 3.30. The summed E-state index contributed by atoms with van der Waals surface area (Å²) in [5.41, 5.74) is 2.61. The molecule has 1 aromatic carbocycles. The first kappa shape index (κ1) is 13.4. The monoisotopic (exact) mass is 284 g/mol. The average molecular weight is 284 g/mol. The molecule has 21 heavy (non-hydrogen) atoms. The molecule has 0 aliphatic heterocycles. The Labute approximate surface area is 121 Å². The van der Waals surface area contributed by atoms with Gasteiger partial charge in [-0.2, -0.15) is 4.98 Å². The third kappa shape index (κ3) is 2.65. The number of H-pyrrole nitrogens is 1. The van der Waals surface area contributed by atoms with Crippen LogP contribution in [0.5, 0.6) is 0 Å². The third-order valence-electron chi connectivity index (χ3n) is 3.30. The lowest BCUT2D eigenvalue weighted by atomic mass is 10.2. The van der Waals surface area contributed by atoms with E-state index in [1.807, 2.05) is 38.1 Å². The number of aromatic amines is 1. The molecule has 0 aliphatic rings. The van der Waals surface area contributed by atoms with Crippen molar-refractivity contribution >= 4 is 16.8 Å². The number of nitrogens with one attached hydrogen (secondary N) is 2. The highest BCUT2D eigenvalue weighted by Gasteiger charge is 2.17. The highest BCUT2D eigenvalue weighted by Crippen LogP contribution is 2.17. The van der Waals surface area contributed by atoms with E-state index in [9.17, 15) is 4.79 Å². The highest BCUT2D eigenvalue weighted by atomic mass is 16.5. The molecular formula is C15H16N4O2. The van der Waals surface area contributed by atoms with Crippen LogP contribution in [0.2, 0.25) is 0 Å². The molecule has 6 heteroatoms. The van der Waals surface area contributed by atoms with Gasteiger partial charge in [0.2, 0.25) is 5.89 Å². The van der Waals surface area contributed by atoms with Crippen LogP contribution >= 0.6 is 0 Å². The van der Waals surface area contributed by atoms with Gasteiger partial charge in [-0.1, -0.05) is 16.8 Å². The van der Waals surface area contributed by atoms with E-state index < -0.39 is 0 Å². The predicted octanol–water partition coefficient (Wildman–Crippen LogP) is 2.66. The second kappa shape index (κ2) is 5.05. The first-order valence-corrected chi connectivity index (χ1v) is 6.73. The highest BCUT2D eigenvalue weighted by molar-refractivity contribution is 5.98. The Morgan fingerprint density at radius 3 is 2.86 bits per heavy atom. The fourth-order valence-electron chi connectivity index (χ4n) is 2.20. The summed E-state index contributed by atoms with van der Waals surface area (Å²) in [7, 11) is 0. The van der Waals surface area contributed by atoms with E-state index in [0.717, 1.165) is 16.5 Å². The minimum atomic E-state index is -0.317. The molecule has 0 radical (unpaired) electrons. The number of rotatable bonds is 3. The maximum Gasteiger partial charge on any atom is 0.268 e. The van der Waals surface area contributed by atoms with Crippen molar-refractivity contribution in [3.05, 3.63) is 47.2 Å². The summed E-state index contributed by atoms with van der Waals surface area (Å²) in [6, 6.07) is 7.53. The summed E-state index contributed by atoms with van der Waals surface area (Å²) in [5, 5.41) is 7.67. The van der Waals surface area contributed by atoms with Crippen LogP contribution in [0.4, 0.5) is 0 Å². The van der Waals surface area contributed by atoms with Gasteiger partial charge in [0.05, 0.1) is 6.04 Å². The van der Waals surface area contributed by atoms with E-state index >= 15 is 0 Å². The lowest BCUT2D eigenvalue weighted by Crippen LogP contribution is -2.27. The molecule has 0 saturated heterocycles. The standard InChI is InChI=1S/C15H16N4O2/c1-8-4-5-12-11(6-8)7-13(18-12)15(20)16-9(2)14-17-10(3)21-19-14/h4-7,9,18H,1-3H3,(H,16,20). The van der Waals surface area contributed by atoms with Gasteiger partial charge in [0, 0.05) is 17.8 Å². The first-order valence-electron chi connectivity index (χ1n) is 6.73. The largest absolute Gasteiger partial charge is 0.351 e. The van der Waals surface area contributed by atoms with Crippen LogP contribution in [0, 0.1) is 13.8 Å². The molecule has 2 N–H and O–H groups in total. The van der Waals surface area contributed by atoms with E-state index in [1.165, 1.54) is 0 Å². The van der Waals surface area contributed by atoms with Gasteiger partial charge in [-0.15, -0.1) is 0 Å². The summed E-state index contributed by atoms with van der Waals surface area (Å²) in [6.07, 6.45) is 0. The first-order chi connectivity index (χ1) is 10.0. The number of fused-ring (bicyclic) bond motifs is 1. The van der Waals surface area contributed by atoms with E-state index in [0.29, 0.717) is 17.4 Å². The number of aromatic nitrogens is 3. The van der Waals surface area contributed by atoms with Crippen molar-refractivity contribution in [2.75, 3.05) is 0 Å². The van der Waals surface area contributed by atoms with Gasteiger partial charge < -0.3 is 14.8 Å². The molecule has 6 nitrogen and oxygen atoms in total. The van der Waals surface area contributed by atoms with Crippen LogP contribution in [-0.2, 0) is 0 Å². The SMILES string of the molecule is Cc1ccc2[nH]c(C(=O)NC(C)c3noc(C)n3)cc2c1. The molecule has 0 bridgehead atoms. The van der Waals surface area contributed by atoms with Gasteiger partial charge in [-0.05, 0) is 32.0 Å². The van der Waals surface area contributed by atoms with Crippen molar-refractivity contribution in [2.45, 2.75) is 26.8 Å². The average Bonchev–Trinajstić information content (AvgIpc) is 3.04. The molecule has 0 fully saturated rings. The maximum absolute atomic E-state index is 12.3. The molecule has 3 aromatic rings. The Balaban J connectivity index is 1.80. The van der Waals surface area contributed by atoms with Crippen molar-refractivity contribution < 1.29 is 9.32 Å². The Morgan fingerprint density at radius 1 is 1.33 bits per heavy atom. The summed E-state index contributed by atoms with van der Waals surface area (Å²) in [5.74, 6) is 0.749. The van der Waals surface area contributed by atoms with Crippen LogP contribution in [0.25, 0.3) is 10.9 Å². The molecule has 108 valence electrons. The molecule has 2 heterocycles. The normalized spacial score (nSPS) is 12.5. The lowest BCUT2D eigenvalue weighted by Gasteiger charge is -2.08. The van der Waals surface area contributed by atoms with E-state index in [4.69, 9.17) is 4.52 Å². The van der Waals surface area contributed by atoms with Crippen molar-refractivity contribution in [1.82, 2.24) is 20.4 Å². The number of carbonyl (C=O) groups excluding carboxylic acids is 1. The Bertz CT molecular complexity index is 803. The predicted molar refractivity (Wildman–Crippen MR) is 78.0 cm³/mol. The molecular weight excluding hydrogens is 268 g/mol. The van der Waals surface area contributed by atoms with Crippen LogP contribution in [0.3, 0.4) is 0 Å². The number of carbonyl (C=O) groups is 1. The summed E-state index contributed by atoms with van der Waals surface area (Å²) < 4.78 is 4.91. The van der Waals surface area contributed by atoms with Gasteiger partial charge >= 0.3 is 0 Å². The van der Waals surface area contributed by atoms with Crippen molar-refractivity contribution in [1.29, 1.82) is 0 Å². The van der Waals surface area contributed by atoms with Crippen molar-refractivity contribution in [3.63, 3.8) is 0 Å². The molecule has 0 aliphatic carbocycles. The van der Waals surface area contributed by atoms with Gasteiger partial charge in [-0.25, -0.2) is 0 Å². The van der Waals surface area contributed by atoms with Crippen LogP contribution < -0.4 is 5.32 Å². The number of hydrogen-bond acceptors (Lipinski definition) is 4. The quantitative estimate of drug-likeness (QED) is 0.774. The van der Waals surface area contributed by atoms with Crippen LogP contribution in [0.15, 0.2) is 28.8 Å². The van der Waals surface area contributed by atoms with Crippen molar-refractivity contribution in [3.8, 4) is 0 Å². The van der Waals surface area contributed by atoms with Gasteiger partial charge in [-0.3, -0.25) is 4.79 Å². The lowest BCUT2D eigenvalue weighted by molar-refractivity contribution is 0.0933. The van der Waals surface area contributed by atoms with Crippen LogP contribution in [-0.4, -0.2) is 21.0 Å². The molecule has 1 amide bonds. The van der Waals surface area contributed by atoms with Gasteiger partial charge in [0.15, 0.2) is 5.82 Å². The van der Waals surface area contributed by atoms with Gasteiger partial charge in [0.1, 0.15) is 5.69 Å². The number of aryl methyl sites for hydroxylation is 2. The number of hydrogen-bond donors (Lipinski definition) is 2. The van der Waals surface area contributed by atoms with Gasteiger partial charge in [0.25, 0.3) is 5.91 Å². The zero-order chi connectivity index (χ0) is 15.0. The fraction of sp³-hybridized carbons (Fsp3) is 0.267. The fourth-order valence-corrected chi connectivity index (χ4v) is 2.20. The molecule has 0 spiro atoms. The second-order valence-electron chi connectivity index (χ2n) is 5.14.